The molecular weight excluding hydrogens is 170 g/mol. The quantitative estimate of drug-likeness (QED) is 0.610. The molecule has 0 N–H and O–H groups in total. The average Bonchev–Trinajstić information content (AvgIpc) is 2.03. The van der Waals surface area contributed by atoms with Gasteiger partial charge in [-0.05, 0) is 16.5 Å². The fraction of sp³-hybridized carbons (Fsp3) is 0.500. The van der Waals surface area contributed by atoms with Crippen molar-refractivity contribution in [3.63, 3.8) is 0 Å². The largest absolute Gasteiger partial charge is 0.264 e. The Hall–Kier alpha value is -0.560. The first kappa shape index (κ1) is 9.53. The maximum atomic E-state index is 5.71. The SMILES string of the molecule is CC(C)(C)c1cncc(CCl)c1. The van der Waals surface area contributed by atoms with Crippen LogP contribution in [0, 0.1) is 0 Å². The summed E-state index contributed by atoms with van der Waals surface area (Å²) >= 11 is 5.71. The van der Waals surface area contributed by atoms with E-state index in [4.69, 9.17) is 11.6 Å². The Labute approximate surface area is 78.8 Å². The molecule has 12 heavy (non-hydrogen) atoms. The third kappa shape index (κ3) is 2.21. The fourth-order valence-corrected chi connectivity index (χ4v) is 1.12. The lowest BCUT2D eigenvalue weighted by molar-refractivity contribution is 0.586. The van der Waals surface area contributed by atoms with Gasteiger partial charge < -0.3 is 0 Å². The molecule has 0 aliphatic heterocycles. The van der Waals surface area contributed by atoms with E-state index in [0.29, 0.717) is 5.88 Å². The minimum Gasteiger partial charge on any atom is -0.264 e. The van der Waals surface area contributed by atoms with Gasteiger partial charge in [0, 0.05) is 18.3 Å². The zero-order valence-corrected chi connectivity index (χ0v) is 8.52. The second-order valence-electron chi connectivity index (χ2n) is 3.97. The third-order valence-electron chi connectivity index (χ3n) is 1.82. The maximum absolute atomic E-state index is 5.71. The van der Waals surface area contributed by atoms with E-state index in [9.17, 15) is 0 Å². The van der Waals surface area contributed by atoms with Crippen molar-refractivity contribution in [1.82, 2.24) is 4.98 Å². The lowest BCUT2D eigenvalue weighted by Crippen LogP contribution is -2.11. The van der Waals surface area contributed by atoms with Gasteiger partial charge in [-0.1, -0.05) is 26.8 Å². The number of rotatable bonds is 1. The number of halogens is 1. The van der Waals surface area contributed by atoms with E-state index in [1.807, 2.05) is 12.4 Å². The number of alkyl halides is 1. The van der Waals surface area contributed by atoms with Crippen molar-refractivity contribution in [3.8, 4) is 0 Å². The summed E-state index contributed by atoms with van der Waals surface area (Å²) in [5.74, 6) is 0.539. The van der Waals surface area contributed by atoms with E-state index in [2.05, 4.69) is 31.8 Å². The molecule has 1 aromatic heterocycles. The summed E-state index contributed by atoms with van der Waals surface area (Å²) in [6.07, 6.45) is 3.71. The Morgan fingerprint density at radius 3 is 2.50 bits per heavy atom. The van der Waals surface area contributed by atoms with Crippen molar-refractivity contribution in [2.75, 3.05) is 0 Å². The molecule has 0 fully saturated rings. The molecule has 1 rings (SSSR count). The Kier molecular flexibility index (Phi) is 2.73. The van der Waals surface area contributed by atoms with Crippen LogP contribution in [-0.2, 0) is 11.3 Å². The predicted molar refractivity (Wildman–Crippen MR) is 52.5 cm³/mol. The molecule has 0 radical (unpaired) electrons. The Bertz CT molecular complexity index is 263. The summed E-state index contributed by atoms with van der Waals surface area (Å²) in [6, 6.07) is 2.11. The van der Waals surface area contributed by atoms with Gasteiger partial charge in [-0.15, -0.1) is 11.6 Å². The highest BCUT2D eigenvalue weighted by Crippen LogP contribution is 2.22. The first-order valence-electron chi connectivity index (χ1n) is 4.04. The van der Waals surface area contributed by atoms with E-state index in [1.165, 1.54) is 5.56 Å². The van der Waals surface area contributed by atoms with Crippen molar-refractivity contribution in [2.45, 2.75) is 32.1 Å². The molecule has 0 aliphatic carbocycles. The van der Waals surface area contributed by atoms with Gasteiger partial charge in [-0.2, -0.15) is 0 Å². The van der Waals surface area contributed by atoms with E-state index in [1.54, 1.807) is 0 Å². The van der Waals surface area contributed by atoms with E-state index >= 15 is 0 Å². The first-order chi connectivity index (χ1) is 5.54. The molecule has 0 spiro atoms. The standard InChI is InChI=1S/C10H14ClN/c1-10(2,3)9-4-8(5-11)6-12-7-9/h4,6-7H,5H2,1-3H3. The van der Waals surface area contributed by atoms with Crippen molar-refractivity contribution in [1.29, 1.82) is 0 Å². The van der Waals surface area contributed by atoms with Crippen LogP contribution in [0.5, 0.6) is 0 Å². The summed E-state index contributed by atoms with van der Waals surface area (Å²) in [6.45, 7) is 6.51. The fourth-order valence-electron chi connectivity index (χ4n) is 0.971. The normalized spacial score (nSPS) is 11.7. The monoisotopic (exact) mass is 183 g/mol. The van der Waals surface area contributed by atoms with Gasteiger partial charge >= 0.3 is 0 Å². The molecule has 2 heteroatoms. The highest BCUT2D eigenvalue weighted by atomic mass is 35.5. The zero-order valence-electron chi connectivity index (χ0n) is 7.76. The topological polar surface area (TPSA) is 12.9 Å². The molecule has 1 nitrogen and oxygen atoms in total. The summed E-state index contributed by atoms with van der Waals surface area (Å²) < 4.78 is 0. The van der Waals surface area contributed by atoms with Gasteiger partial charge in [-0.3, -0.25) is 4.98 Å². The van der Waals surface area contributed by atoms with Crippen LogP contribution in [0.25, 0.3) is 0 Å². The highest BCUT2D eigenvalue weighted by Gasteiger charge is 2.13. The molecule has 0 unspecified atom stereocenters. The van der Waals surface area contributed by atoms with Crippen LogP contribution in [-0.4, -0.2) is 4.98 Å². The summed E-state index contributed by atoms with van der Waals surface area (Å²) in [4.78, 5) is 4.14. The number of hydrogen-bond acceptors (Lipinski definition) is 1. The highest BCUT2D eigenvalue weighted by molar-refractivity contribution is 6.17. The maximum Gasteiger partial charge on any atom is 0.0489 e. The Balaban J connectivity index is 3.02. The molecule has 1 aromatic rings. The van der Waals surface area contributed by atoms with Crippen molar-refractivity contribution in [3.05, 3.63) is 29.6 Å². The zero-order chi connectivity index (χ0) is 9.19. The van der Waals surface area contributed by atoms with E-state index in [-0.39, 0.29) is 5.41 Å². The average molecular weight is 184 g/mol. The summed E-state index contributed by atoms with van der Waals surface area (Å²) in [5, 5.41) is 0. The van der Waals surface area contributed by atoms with Crippen LogP contribution in [0.4, 0.5) is 0 Å². The lowest BCUT2D eigenvalue weighted by atomic mass is 9.88. The number of pyridine rings is 1. The molecule has 1 heterocycles. The van der Waals surface area contributed by atoms with Gasteiger partial charge in [0.05, 0.1) is 0 Å². The molecule has 0 saturated heterocycles. The second-order valence-corrected chi connectivity index (χ2v) is 4.23. The van der Waals surface area contributed by atoms with Crippen molar-refractivity contribution < 1.29 is 0 Å². The van der Waals surface area contributed by atoms with Gasteiger partial charge in [0.15, 0.2) is 0 Å². The number of hydrogen-bond donors (Lipinski definition) is 0. The van der Waals surface area contributed by atoms with Gasteiger partial charge in [0.1, 0.15) is 0 Å². The number of nitrogens with zero attached hydrogens (tertiary/aromatic N) is 1. The van der Waals surface area contributed by atoms with E-state index in [0.717, 1.165) is 5.56 Å². The molecular formula is C10H14ClN. The summed E-state index contributed by atoms with van der Waals surface area (Å²) in [5.41, 5.74) is 2.49. The molecule has 0 saturated carbocycles. The molecule has 0 aliphatic rings. The third-order valence-corrected chi connectivity index (χ3v) is 2.12. The number of aromatic nitrogens is 1. The smallest absolute Gasteiger partial charge is 0.0489 e. The molecule has 0 atom stereocenters. The Morgan fingerprint density at radius 2 is 2.00 bits per heavy atom. The molecule has 0 aromatic carbocycles. The van der Waals surface area contributed by atoms with E-state index < -0.39 is 0 Å². The van der Waals surface area contributed by atoms with Crippen LogP contribution >= 0.6 is 11.6 Å². The van der Waals surface area contributed by atoms with Gasteiger partial charge in [-0.25, -0.2) is 0 Å². The molecule has 0 amide bonds. The van der Waals surface area contributed by atoms with Crippen LogP contribution < -0.4 is 0 Å². The Morgan fingerprint density at radius 1 is 1.33 bits per heavy atom. The summed E-state index contributed by atoms with van der Waals surface area (Å²) in [7, 11) is 0. The minimum atomic E-state index is 0.162. The van der Waals surface area contributed by atoms with Gasteiger partial charge in [0.2, 0.25) is 0 Å². The van der Waals surface area contributed by atoms with Gasteiger partial charge in [0.25, 0.3) is 0 Å². The molecule has 0 bridgehead atoms. The van der Waals surface area contributed by atoms with Crippen molar-refractivity contribution >= 4 is 11.6 Å². The second kappa shape index (κ2) is 3.44. The molecule has 66 valence electrons. The van der Waals surface area contributed by atoms with Crippen LogP contribution in [0.15, 0.2) is 18.5 Å². The first-order valence-corrected chi connectivity index (χ1v) is 4.58. The minimum absolute atomic E-state index is 0.162. The predicted octanol–water partition coefficient (Wildman–Crippen LogP) is 3.12. The van der Waals surface area contributed by atoms with Crippen LogP contribution in [0.3, 0.4) is 0 Å². The van der Waals surface area contributed by atoms with Crippen molar-refractivity contribution in [2.24, 2.45) is 0 Å². The van der Waals surface area contributed by atoms with Crippen LogP contribution in [0.2, 0.25) is 0 Å². The van der Waals surface area contributed by atoms with Crippen LogP contribution in [0.1, 0.15) is 31.9 Å². The lowest BCUT2D eigenvalue weighted by Gasteiger charge is -2.18.